The second kappa shape index (κ2) is 5.21. The Morgan fingerprint density at radius 3 is 2.77 bits per heavy atom. The molecular formula is C10H12INO. The summed E-state index contributed by atoms with van der Waals surface area (Å²) in [5.41, 5.74) is 2.40. The summed E-state index contributed by atoms with van der Waals surface area (Å²) in [6.45, 7) is 2.68. The summed E-state index contributed by atoms with van der Waals surface area (Å²) in [6.07, 6.45) is 0. The Morgan fingerprint density at radius 2 is 2.15 bits per heavy atom. The van der Waals surface area contributed by atoms with Crippen molar-refractivity contribution in [2.24, 2.45) is 0 Å². The van der Waals surface area contributed by atoms with E-state index < -0.39 is 0 Å². The number of carbonyl (C=O) groups excluding carboxylic acids is 1. The molecule has 70 valence electrons. The summed E-state index contributed by atoms with van der Waals surface area (Å²) >= 11 is 2.05. The summed E-state index contributed by atoms with van der Waals surface area (Å²) in [5, 5.41) is 2.84. The van der Waals surface area contributed by atoms with E-state index in [9.17, 15) is 4.79 Å². The molecule has 0 aromatic heterocycles. The molecular weight excluding hydrogens is 277 g/mol. The highest BCUT2D eigenvalue weighted by Crippen LogP contribution is 2.05. The van der Waals surface area contributed by atoms with Crippen molar-refractivity contribution in [1.29, 1.82) is 0 Å². The van der Waals surface area contributed by atoms with Gasteiger partial charge in [0.05, 0.1) is 4.43 Å². The van der Waals surface area contributed by atoms with Gasteiger partial charge in [-0.05, 0) is 18.1 Å². The normalized spacial score (nSPS) is 9.69. The van der Waals surface area contributed by atoms with Gasteiger partial charge in [0.15, 0.2) is 0 Å². The van der Waals surface area contributed by atoms with Crippen molar-refractivity contribution >= 4 is 28.5 Å². The lowest BCUT2D eigenvalue weighted by Gasteiger charge is -2.05. The monoisotopic (exact) mass is 289 g/mol. The number of amides is 1. The summed E-state index contributed by atoms with van der Waals surface area (Å²) in [4.78, 5) is 11.0. The van der Waals surface area contributed by atoms with E-state index in [0.29, 0.717) is 11.0 Å². The zero-order valence-corrected chi connectivity index (χ0v) is 9.67. The number of aryl methyl sites for hydroxylation is 1. The second-order valence-corrected chi connectivity index (χ2v) is 3.60. The fourth-order valence-corrected chi connectivity index (χ4v) is 1.32. The topological polar surface area (TPSA) is 29.1 Å². The number of hydrogen-bond donors (Lipinski definition) is 1. The predicted octanol–water partition coefficient (Wildman–Crippen LogP) is 2.05. The molecule has 2 nitrogen and oxygen atoms in total. The first-order chi connectivity index (χ1) is 6.24. The Bertz CT molecular complexity index is 299. The Morgan fingerprint density at radius 1 is 1.46 bits per heavy atom. The van der Waals surface area contributed by atoms with Crippen molar-refractivity contribution in [3.8, 4) is 0 Å². The fraction of sp³-hybridized carbons (Fsp3) is 0.300. The highest BCUT2D eigenvalue weighted by molar-refractivity contribution is 14.1. The lowest BCUT2D eigenvalue weighted by molar-refractivity contribution is -0.118. The van der Waals surface area contributed by atoms with E-state index in [0.717, 1.165) is 0 Å². The van der Waals surface area contributed by atoms with Gasteiger partial charge < -0.3 is 5.32 Å². The molecule has 0 bridgehead atoms. The molecule has 0 radical (unpaired) electrons. The third kappa shape index (κ3) is 3.34. The van der Waals surface area contributed by atoms with Gasteiger partial charge in [-0.3, -0.25) is 4.79 Å². The van der Waals surface area contributed by atoms with Crippen LogP contribution in [0, 0.1) is 6.92 Å². The van der Waals surface area contributed by atoms with Gasteiger partial charge in [0, 0.05) is 6.54 Å². The van der Waals surface area contributed by atoms with Crippen molar-refractivity contribution in [1.82, 2.24) is 5.32 Å². The predicted molar refractivity (Wildman–Crippen MR) is 61.9 cm³/mol. The van der Waals surface area contributed by atoms with Crippen LogP contribution in [0.5, 0.6) is 0 Å². The summed E-state index contributed by atoms with van der Waals surface area (Å²) < 4.78 is 0.518. The zero-order chi connectivity index (χ0) is 9.68. The number of nitrogens with one attached hydrogen (secondary N) is 1. The summed E-state index contributed by atoms with van der Waals surface area (Å²) in [5.74, 6) is 0.0869. The largest absolute Gasteiger partial charge is 0.351 e. The minimum Gasteiger partial charge on any atom is -0.351 e. The van der Waals surface area contributed by atoms with E-state index in [1.165, 1.54) is 11.1 Å². The van der Waals surface area contributed by atoms with Crippen LogP contribution in [0.2, 0.25) is 0 Å². The highest BCUT2D eigenvalue weighted by atomic mass is 127. The molecule has 1 amide bonds. The first-order valence-electron chi connectivity index (χ1n) is 4.11. The number of halogens is 1. The Balaban J connectivity index is 2.54. The molecule has 0 aliphatic rings. The molecule has 13 heavy (non-hydrogen) atoms. The van der Waals surface area contributed by atoms with Crippen LogP contribution in [0.4, 0.5) is 0 Å². The third-order valence-electron chi connectivity index (χ3n) is 1.86. The van der Waals surface area contributed by atoms with Gasteiger partial charge in [-0.25, -0.2) is 0 Å². The molecule has 0 spiro atoms. The number of carbonyl (C=O) groups is 1. The molecule has 0 heterocycles. The summed E-state index contributed by atoms with van der Waals surface area (Å²) in [7, 11) is 0. The molecule has 1 rings (SSSR count). The Kier molecular flexibility index (Phi) is 4.21. The minimum absolute atomic E-state index is 0.0869. The van der Waals surface area contributed by atoms with Crippen LogP contribution in [-0.4, -0.2) is 10.3 Å². The standard InChI is InChI=1S/C10H12INO/c1-8-4-2-3-5-9(8)7-12-10(13)6-11/h2-5H,6-7H2,1H3,(H,12,13). The quantitative estimate of drug-likeness (QED) is 0.669. The lowest BCUT2D eigenvalue weighted by Crippen LogP contribution is -2.23. The summed E-state index contributed by atoms with van der Waals surface area (Å²) in [6, 6.07) is 8.06. The van der Waals surface area contributed by atoms with Gasteiger partial charge in [0.1, 0.15) is 0 Å². The van der Waals surface area contributed by atoms with E-state index in [1.54, 1.807) is 0 Å². The maximum absolute atomic E-state index is 11.0. The van der Waals surface area contributed by atoms with E-state index in [1.807, 2.05) is 31.2 Å². The number of hydrogen-bond acceptors (Lipinski definition) is 1. The number of rotatable bonds is 3. The van der Waals surface area contributed by atoms with Crippen LogP contribution >= 0.6 is 22.6 Å². The Hall–Kier alpha value is -0.580. The molecule has 3 heteroatoms. The molecule has 0 unspecified atom stereocenters. The maximum Gasteiger partial charge on any atom is 0.230 e. The lowest BCUT2D eigenvalue weighted by atomic mass is 10.1. The van der Waals surface area contributed by atoms with Crippen LogP contribution in [-0.2, 0) is 11.3 Å². The van der Waals surface area contributed by atoms with Crippen molar-refractivity contribution < 1.29 is 4.79 Å². The smallest absolute Gasteiger partial charge is 0.230 e. The Labute approximate surface area is 91.9 Å². The molecule has 0 atom stereocenters. The van der Waals surface area contributed by atoms with Crippen molar-refractivity contribution in [2.75, 3.05) is 4.43 Å². The molecule has 0 fully saturated rings. The van der Waals surface area contributed by atoms with Gasteiger partial charge in [0.2, 0.25) is 5.91 Å². The number of alkyl halides is 1. The second-order valence-electron chi connectivity index (χ2n) is 2.84. The average Bonchev–Trinajstić information content (AvgIpc) is 2.16. The van der Waals surface area contributed by atoms with Crippen molar-refractivity contribution in [3.63, 3.8) is 0 Å². The van der Waals surface area contributed by atoms with Crippen LogP contribution in [0.25, 0.3) is 0 Å². The number of benzene rings is 1. The minimum atomic E-state index is 0.0869. The van der Waals surface area contributed by atoms with E-state index in [-0.39, 0.29) is 5.91 Å². The maximum atomic E-state index is 11.0. The van der Waals surface area contributed by atoms with Gasteiger partial charge >= 0.3 is 0 Å². The average molecular weight is 289 g/mol. The highest BCUT2D eigenvalue weighted by Gasteiger charge is 1.99. The molecule has 0 saturated heterocycles. The molecule has 0 aliphatic carbocycles. The van der Waals surface area contributed by atoms with Crippen LogP contribution in [0.3, 0.4) is 0 Å². The SMILES string of the molecule is Cc1ccccc1CNC(=O)CI. The van der Waals surface area contributed by atoms with Crippen molar-refractivity contribution in [2.45, 2.75) is 13.5 Å². The molecule has 1 aromatic carbocycles. The van der Waals surface area contributed by atoms with E-state index in [2.05, 4.69) is 27.9 Å². The first-order valence-corrected chi connectivity index (χ1v) is 5.63. The van der Waals surface area contributed by atoms with Gasteiger partial charge in [0.25, 0.3) is 0 Å². The van der Waals surface area contributed by atoms with Crippen LogP contribution in [0.1, 0.15) is 11.1 Å². The van der Waals surface area contributed by atoms with Crippen LogP contribution in [0.15, 0.2) is 24.3 Å². The molecule has 0 aliphatic heterocycles. The van der Waals surface area contributed by atoms with Gasteiger partial charge in [-0.1, -0.05) is 46.9 Å². The van der Waals surface area contributed by atoms with Crippen molar-refractivity contribution in [3.05, 3.63) is 35.4 Å². The first kappa shape index (κ1) is 10.5. The van der Waals surface area contributed by atoms with E-state index in [4.69, 9.17) is 0 Å². The van der Waals surface area contributed by atoms with E-state index >= 15 is 0 Å². The zero-order valence-electron chi connectivity index (χ0n) is 7.51. The molecule has 1 N–H and O–H groups in total. The van der Waals surface area contributed by atoms with Gasteiger partial charge in [-0.2, -0.15) is 0 Å². The van der Waals surface area contributed by atoms with Gasteiger partial charge in [-0.15, -0.1) is 0 Å². The fourth-order valence-electron chi connectivity index (χ4n) is 1.05. The molecule has 0 saturated carbocycles. The van der Waals surface area contributed by atoms with Crippen LogP contribution < -0.4 is 5.32 Å². The molecule has 1 aromatic rings. The third-order valence-corrected chi connectivity index (χ3v) is 2.55.